The number of hydrogen-bond donors (Lipinski definition) is 2. The van der Waals surface area contributed by atoms with Crippen molar-refractivity contribution < 1.29 is 14.3 Å². The number of benzene rings is 2. The molecule has 176 valence electrons. The summed E-state index contributed by atoms with van der Waals surface area (Å²) >= 11 is 0. The molecule has 1 saturated heterocycles. The average Bonchev–Trinajstić information content (AvgIpc) is 2.89. The van der Waals surface area contributed by atoms with Gasteiger partial charge in [0.1, 0.15) is 17.6 Å². The molecule has 0 radical (unpaired) electrons. The summed E-state index contributed by atoms with van der Waals surface area (Å²) in [6.07, 6.45) is 1.63. The molecule has 8 heteroatoms. The van der Waals surface area contributed by atoms with Crippen molar-refractivity contribution >= 4 is 23.3 Å². The van der Waals surface area contributed by atoms with E-state index in [1.165, 1.54) is 5.56 Å². The van der Waals surface area contributed by atoms with Gasteiger partial charge < -0.3 is 20.3 Å². The Balaban J connectivity index is 1.55. The predicted octanol–water partition coefficient (Wildman–Crippen LogP) is 2.91. The van der Waals surface area contributed by atoms with Gasteiger partial charge in [0.05, 0.1) is 12.7 Å². The monoisotopic (exact) mass is 459 g/mol. The zero-order valence-corrected chi connectivity index (χ0v) is 19.4. The minimum atomic E-state index is -0.597. The number of carbonyl (C=O) groups is 2. The maximum Gasteiger partial charge on any atom is 0.258 e. The number of ether oxygens (including phenoxy) is 1. The van der Waals surface area contributed by atoms with Crippen LogP contribution in [-0.2, 0) is 11.3 Å². The molecule has 2 N–H and O–H groups in total. The Morgan fingerprint density at radius 3 is 2.65 bits per heavy atom. The zero-order valence-electron chi connectivity index (χ0n) is 19.4. The van der Waals surface area contributed by atoms with Crippen LogP contribution in [0.1, 0.15) is 15.9 Å². The number of carbonyl (C=O) groups excluding carboxylic acids is 2. The Morgan fingerprint density at radius 1 is 1.06 bits per heavy atom. The van der Waals surface area contributed by atoms with Gasteiger partial charge in [-0.05, 0) is 29.8 Å². The molecule has 2 aromatic carbocycles. The van der Waals surface area contributed by atoms with Gasteiger partial charge >= 0.3 is 0 Å². The lowest BCUT2D eigenvalue weighted by Crippen LogP contribution is -2.60. The van der Waals surface area contributed by atoms with Crippen molar-refractivity contribution in [1.82, 2.24) is 20.1 Å². The first-order valence-electron chi connectivity index (χ1n) is 11.2. The molecule has 1 unspecified atom stereocenters. The molecule has 4 rings (SSSR count). The third kappa shape index (κ3) is 5.35. The van der Waals surface area contributed by atoms with Crippen LogP contribution in [0, 0.1) is 0 Å². The summed E-state index contributed by atoms with van der Waals surface area (Å²) in [5.41, 5.74) is 2.34. The molecule has 34 heavy (non-hydrogen) atoms. The first kappa shape index (κ1) is 23.3. The fourth-order valence-corrected chi connectivity index (χ4v) is 4.13. The molecule has 2 amide bonds. The number of anilines is 2. The average molecular weight is 460 g/mol. The van der Waals surface area contributed by atoms with Crippen LogP contribution in [0.4, 0.5) is 11.5 Å². The standard InChI is InChI=1S/C26H29N5O3/c1-27-25(32)23-18-30(17-19-8-4-3-5-9-19)14-15-31(23)26(33)22-12-7-13-28-24(22)29-20-10-6-11-21(16-20)34-2/h3-13,16,23H,14-15,17-18H2,1-2H3,(H,27,32)(H,28,29). The van der Waals surface area contributed by atoms with Crippen molar-refractivity contribution in [2.24, 2.45) is 0 Å². The first-order chi connectivity index (χ1) is 16.6. The molecule has 1 aliphatic rings. The summed E-state index contributed by atoms with van der Waals surface area (Å²) in [7, 11) is 3.20. The SMILES string of the molecule is CNC(=O)C1CN(Cc2ccccc2)CCN1C(=O)c1cccnc1Nc1cccc(OC)c1. The number of piperazine rings is 1. The fraction of sp³-hybridized carbons (Fsp3) is 0.269. The molecule has 0 saturated carbocycles. The van der Waals surface area contributed by atoms with E-state index in [1.54, 1.807) is 37.4 Å². The lowest BCUT2D eigenvalue weighted by Gasteiger charge is -2.40. The molecule has 0 aliphatic carbocycles. The molecule has 1 aliphatic heterocycles. The van der Waals surface area contributed by atoms with Gasteiger partial charge in [-0.15, -0.1) is 0 Å². The van der Waals surface area contributed by atoms with Gasteiger partial charge in [-0.2, -0.15) is 0 Å². The number of nitrogens with zero attached hydrogens (tertiary/aromatic N) is 3. The van der Waals surface area contributed by atoms with Crippen LogP contribution in [-0.4, -0.2) is 66.4 Å². The highest BCUT2D eigenvalue weighted by Gasteiger charge is 2.36. The van der Waals surface area contributed by atoms with Crippen LogP contribution in [0.5, 0.6) is 5.75 Å². The number of hydrogen-bond acceptors (Lipinski definition) is 6. The topological polar surface area (TPSA) is 86.8 Å². The van der Waals surface area contributed by atoms with E-state index in [1.807, 2.05) is 42.5 Å². The molecular formula is C26H29N5O3. The van der Waals surface area contributed by atoms with Crippen molar-refractivity contribution in [3.8, 4) is 5.75 Å². The van der Waals surface area contributed by atoms with E-state index in [9.17, 15) is 9.59 Å². The molecule has 0 spiro atoms. The second-order valence-corrected chi connectivity index (χ2v) is 8.11. The molecule has 1 fully saturated rings. The number of nitrogens with one attached hydrogen (secondary N) is 2. The van der Waals surface area contributed by atoms with E-state index in [2.05, 4.69) is 32.7 Å². The lowest BCUT2D eigenvalue weighted by molar-refractivity contribution is -0.127. The van der Waals surface area contributed by atoms with Crippen LogP contribution in [0.3, 0.4) is 0 Å². The van der Waals surface area contributed by atoms with Crippen molar-refractivity contribution in [1.29, 1.82) is 0 Å². The van der Waals surface area contributed by atoms with E-state index in [0.717, 1.165) is 12.2 Å². The van der Waals surface area contributed by atoms with Crippen LogP contribution in [0.15, 0.2) is 72.9 Å². The molecule has 8 nitrogen and oxygen atoms in total. The number of pyridine rings is 1. The van der Waals surface area contributed by atoms with E-state index >= 15 is 0 Å². The largest absolute Gasteiger partial charge is 0.497 e. The van der Waals surface area contributed by atoms with Gasteiger partial charge in [0.25, 0.3) is 5.91 Å². The van der Waals surface area contributed by atoms with Gasteiger partial charge in [-0.1, -0.05) is 36.4 Å². The number of likely N-dealkylation sites (N-methyl/N-ethyl adjacent to an activating group) is 1. The maximum absolute atomic E-state index is 13.7. The third-order valence-corrected chi connectivity index (χ3v) is 5.89. The van der Waals surface area contributed by atoms with E-state index in [4.69, 9.17) is 4.74 Å². The summed E-state index contributed by atoms with van der Waals surface area (Å²) in [6.45, 7) is 2.30. The summed E-state index contributed by atoms with van der Waals surface area (Å²) < 4.78 is 5.29. The van der Waals surface area contributed by atoms with Crippen molar-refractivity contribution in [2.75, 3.05) is 39.1 Å². The molecule has 1 atom stereocenters. The van der Waals surface area contributed by atoms with E-state index in [0.29, 0.717) is 36.8 Å². The summed E-state index contributed by atoms with van der Waals surface area (Å²) in [5, 5.41) is 5.94. The highest BCUT2D eigenvalue weighted by atomic mass is 16.5. The highest BCUT2D eigenvalue weighted by molar-refractivity contribution is 6.01. The van der Waals surface area contributed by atoms with Crippen LogP contribution < -0.4 is 15.4 Å². The first-order valence-corrected chi connectivity index (χ1v) is 11.2. The Hall–Kier alpha value is -3.91. The van der Waals surface area contributed by atoms with Gasteiger partial charge in [0, 0.05) is 51.2 Å². The summed E-state index contributed by atoms with van der Waals surface area (Å²) in [5.74, 6) is 0.718. The highest BCUT2D eigenvalue weighted by Crippen LogP contribution is 2.25. The quantitative estimate of drug-likeness (QED) is 0.565. The fourth-order valence-electron chi connectivity index (χ4n) is 4.13. The van der Waals surface area contributed by atoms with Gasteiger partial charge in [-0.25, -0.2) is 4.98 Å². The molecule has 1 aromatic heterocycles. The lowest BCUT2D eigenvalue weighted by atomic mass is 10.1. The molecule has 3 aromatic rings. The minimum absolute atomic E-state index is 0.183. The van der Waals surface area contributed by atoms with Gasteiger partial charge in [0.2, 0.25) is 5.91 Å². The number of aromatic nitrogens is 1. The van der Waals surface area contributed by atoms with E-state index < -0.39 is 6.04 Å². The second kappa shape index (κ2) is 10.8. The Labute approximate surface area is 199 Å². The van der Waals surface area contributed by atoms with Gasteiger partial charge in [0.15, 0.2) is 0 Å². The minimum Gasteiger partial charge on any atom is -0.497 e. The van der Waals surface area contributed by atoms with Gasteiger partial charge in [-0.3, -0.25) is 14.5 Å². The number of methoxy groups -OCH3 is 1. The van der Waals surface area contributed by atoms with Crippen LogP contribution in [0.2, 0.25) is 0 Å². The van der Waals surface area contributed by atoms with E-state index in [-0.39, 0.29) is 11.8 Å². The Morgan fingerprint density at radius 2 is 1.88 bits per heavy atom. The Bertz CT molecular complexity index is 1140. The smallest absolute Gasteiger partial charge is 0.258 e. The Kier molecular flexibility index (Phi) is 7.39. The number of amides is 2. The van der Waals surface area contributed by atoms with Crippen molar-refractivity contribution in [2.45, 2.75) is 12.6 Å². The molecule has 0 bridgehead atoms. The molecular weight excluding hydrogens is 430 g/mol. The third-order valence-electron chi connectivity index (χ3n) is 5.89. The van der Waals surface area contributed by atoms with Crippen molar-refractivity contribution in [3.05, 3.63) is 84.1 Å². The van der Waals surface area contributed by atoms with Crippen molar-refractivity contribution in [3.63, 3.8) is 0 Å². The number of rotatable bonds is 7. The zero-order chi connectivity index (χ0) is 23.9. The summed E-state index contributed by atoms with van der Waals surface area (Å²) in [4.78, 5) is 34.7. The summed E-state index contributed by atoms with van der Waals surface area (Å²) in [6, 6.07) is 20.4. The van der Waals surface area contributed by atoms with Crippen LogP contribution in [0.25, 0.3) is 0 Å². The van der Waals surface area contributed by atoms with Crippen LogP contribution >= 0.6 is 0 Å². The molecule has 2 heterocycles. The normalized spacial score (nSPS) is 16.1. The maximum atomic E-state index is 13.7. The predicted molar refractivity (Wildman–Crippen MR) is 131 cm³/mol. The second-order valence-electron chi connectivity index (χ2n) is 8.11.